The molecule has 3 heteroatoms. The summed E-state index contributed by atoms with van der Waals surface area (Å²) in [6.07, 6.45) is 3.90. The molecule has 0 atom stereocenters. The summed E-state index contributed by atoms with van der Waals surface area (Å²) < 4.78 is 1.10. The number of hydrogen-bond donors (Lipinski definition) is 0. The first-order chi connectivity index (χ1) is 7.27. The Morgan fingerprint density at radius 2 is 1.67 bits per heavy atom. The number of rotatable bonds is 1. The van der Waals surface area contributed by atoms with Gasteiger partial charge in [0.25, 0.3) is 0 Å². The van der Waals surface area contributed by atoms with Gasteiger partial charge >= 0.3 is 0 Å². The van der Waals surface area contributed by atoms with Crippen LogP contribution in [0, 0.1) is 0 Å². The molecule has 1 nitrogen and oxygen atoms in total. The van der Waals surface area contributed by atoms with Gasteiger partial charge in [0.1, 0.15) is 4.99 Å². The van der Waals surface area contributed by atoms with Crippen molar-refractivity contribution in [3.63, 3.8) is 0 Å². The molecule has 0 saturated carbocycles. The molecule has 0 aromatic heterocycles. The molecule has 2 rings (SSSR count). The van der Waals surface area contributed by atoms with E-state index in [-0.39, 0.29) is 0 Å². The first-order valence-electron chi connectivity index (χ1n) is 5.32. The molecule has 1 aliphatic rings. The van der Waals surface area contributed by atoms with E-state index in [0.717, 1.165) is 28.1 Å². The summed E-state index contributed by atoms with van der Waals surface area (Å²) in [6, 6.07) is 8.26. The first kappa shape index (κ1) is 11.1. The Morgan fingerprint density at radius 3 is 2.27 bits per heavy atom. The zero-order chi connectivity index (χ0) is 10.7. The van der Waals surface area contributed by atoms with Crippen molar-refractivity contribution < 1.29 is 0 Å². The number of hydrogen-bond acceptors (Lipinski definition) is 1. The third-order valence-corrected chi connectivity index (χ3v) is 3.76. The highest BCUT2D eigenvalue weighted by molar-refractivity contribution is 9.10. The number of likely N-dealkylation sites (tertiary alicyclic amines) is 1. The van der Waals surface area contributed by atoms with Crippen molar-refractivity contribution in [2.45, 2.75) is 19.3 Å². The summed E-state index contributed by atoms with van der Waals surface area (Å²) in [7, 11) is 0. The average Bonchev–Trinajstić information content (AvgIpc) is 2.30. The Labute approximate surface area is 105 Å². The molecule has 1 aliphatic heterocycles. The highest BCUT2D eigenvalue weighted by atomic mass is 79.9. The summed E-state index contributed by atoms with van der Waals surface area (Å²) in [5, 5.41) is 0. The van der Waals surface area contributed by atoms with Gasteiger partial charge in [-0.25, -0.2) is 0 Å². The molecule has 0 N–H and O–H groups in total. The highest BCUT2D eigenvalue weighted by Gasteiger charge is 2.14. The van der Waals surface area contributed by atoms with Crippen LogP contribution in [0.1, 0.15) is 24.8 Å². The van der Waals surface area contributed by atoms with Gasteiger partial charge in [-0.1, -0.05) is 40.3 Å². The molecule has 0 unspecified atom stereocenters. The van der Waals surface area contributed by atoms with Gasteiger partial charge in [0.2, 0.25) is 0 Å². The van der Waals surface area contributed by atoms with Gasteiger partial charge < -0.3 is 4.90 Å². The summed E-state index contributed by atoms with van der Waals surface area (Å²) >= 11 is 8.93. The highest BCUT2D eigenvalue weighted by Crippen LogP contribution is 2.16. The maximum atomic E-state index is 5.49. The van der Waals surface area contributed by atoms with E-state index in [1.165, 1.54) is 19.3 Å². The molecule has 1 heterocycles. The van der Waals surface area contributed by atoms with Crippen molar-refractivity contribution >= 4 is 33.1 Å². The molecule has 0 radical (unpaired) electrons. The van der Waals surface area contributed by atoms with Gasteiger partial charge in [-0.15, -0.1) is 0 Å². The molecular formula is C12H14BrNS. The van der Waals surface area contributed by atoms with Crippen molar-refractivity contribution in [1.82, 2.24) is 4.90 Å². The second-order valence-electron chi connectivity index (χ2n) is 3.86. The maximum Gasteiger partial charge on any atom is 0.109 e. The second kappa shape index (κ2) is 5.08. The minimum Gasteiger partial charge on any atom is -0.362 e. The van der Waals surface area contributed by atoms with Crippen molar-refractivity contribution in [3.05, 3.63) is 34.3 Å². The van der Waals surface area contributed by atoms with E-state index in [4.69, 9.17) is 12.2 Å². The smallest absolute Gasteiger partial charge is 0.109 e. The molecule has 1 saturated heterocycles. The van der Waals surface area contributed by atoms with Gasteiger partial charge in [0, 0.05) is 23.1 Å². The largest absolute Gasteiger partial charge is 0.362 e. The Bertz CT molecular complexity index is 341. The molecule has 1 aromatic carbocycles. The third kappa shape index (κ3) is 2.79. The summed E-state index contributed by atoms with van der Waals surface area (Å²) in [4.78, 5) is 3.32. The van der Waals surface area contributed by atoms with Crippen LogP contribution in [0.3, 0.4) is 0 Å². The van der Waals surface area contributed by atoms with E-state index in [2.05, 4.69) is 33.0 Å². The quantitative estimate of drug-likeness (QED) is 0.725. The van der Waals surface area contributed by atoms with Crippen LogP contribution < -0.4 is 0 Å². The van der Waals surface area contributed by atoms with Crippen LogP contribution in [-0.4, -0.2) is 23.0 Å². The predicted octanol–water partition coefficient (Wildman–Crippen LogP) is 3.61. The topological polar surface area (TPSA) is 3.24 Å². The number of halogens is 1. The third-order valence-electron chi connectivity index (χ3n) is 2.73. The van der Waals surface area contributed by atoms with E-state index in [0.29, 0.717) is 0 Å². The van der Waals surface area contributed by atoms with Gasteiger partial charge in [0.15, 0.2) is 0 Å². The number of piperidine rings is 1. The zero-order valence-electron chi connectivity index (χ0n) is 8.58. The van der Waals surface area contributed by atoms with E-state index in [1.807, 2.05) is 12.1 Å². The summed E-state index contributed by atoms with van der Waals surface area (Å²) in [6.45, 7) is 2.24. The summed E-state index contributed by atoms with van der Waals surface area (Å²) in [5.41, 5.74) is 1.16. The molecule has 0 amide bonds. The van der Waals surface area contributed by atoms with E-state index < -0.39 is 0 Å². The number of benzene rings is 1. The Hall–Kier alpha value is -0.410. The van der Waals surface area contributed by atoms with Gasteiger partial charge in [-0.05, 0) is 31.4 Å². The first-order valence-corrected chi connectivity index (χ1v) is 6.52. The molecular weight excluding hydrogens is 270 g/mol. The van der Waals surface area contributed by atoms with Crippen LogP contribution in [0.2, 0.25) is 0 Å². The molecule has 1 aromatic rings. The van der Waals surface area contributed by atoms with Crippen molar-refractivity contribution in [2.24, 2.45) is 0 Å². The van der Waals surface area contributed by atoms with Crippen LogP contribution in [0.25, 0.3) is 0 Å². The fourth-order valence-electron chi connectivity index (χ4n) is 1.87. The number of thiocarbonyl (C=S) groups is 1. The lowest BCUT2D eigenvalue weighted by molar-refractivity contribution is 0.347. The Kier molecular flexibility index (Phi) is 3.76. The van der Waals surface area contributed by atoms with Crippen LogP contribution in [-0.2, 0) is 0 Å². The van der Waals surface area contributed by atoms with Crippen LogP contribution in [0.15, 0.2) is 28.7 Å². The van der Waals surface area contributed by atoms with E-state index in [1.54, 1.807) is 0 Å². The van der Waals surface area contributed by atoms with Crippen molar-refractivity contribution in [2.75, 3.05) is 13.1 Å². The van der Waals surface area contributed by atoms with Gasteiger partial charge in [-0.3, -0.25) is 0 Å². The maximum absolute atomic E-state index is 5.49. The lowest BCUT2D eigenvalue weighted by Gasteiger charge is -2.29. The second-order valence-corrected chi connectivity index (χ2v) is 5.16. The molecule has 1 fully saturated rings. The molecule has 0 spiro atoms. The fraction of sp³-hybridized carbons (Fsp3) is 0.417. The minimum atomic E-state index is 1.00. The average molecular weight is 284 g/mol. The normalized spacial score (nSPS) is 16.5. The lowest BCUT2D eigenvalue weighted by atomic mass is 10.1. The van der Waals surface area contributed by atoms with Gasteiger partial charge in [0.05, 0.1) is 0 Å². The van der Waals surface area contributed by atoms with Crippen LogP contribution >= 0.6 is 28.1 Å². The molecule has 0 aliphatic carbocycles. The van der Waals surface area contributed by atoms with E-state index in [9.17, 15) is 0 Å². The fourth-order valence-corrected chi connectivity index (χ4v) is 2.46. The van der Waals surface area contributed by atoms with Crippen molar-refractivity contribution in [3.8, 4) is 0 Å². The standard InChI is InChI=1S/C12H14BrNS/c13-11-6-4-10(5-7-11)12(15)14-8-2-1-3-9-14/h4-7H,1-3,8-9H2. The van der Waals surface area contributed by atoms with Gasteiger partial charge in [-0.2, -0.15) is 0 Å². The minimum absolute atomic E-state index is 1.00. The van der Waals surface area contributed by atoms with Crippen LogP contribution in [0.5, 0.6) is 0 Å². The lowest BCUT2D eigenvalue weighted by Crippen LogP contribution is -2.34. The molecule has 0 bridgehead atoms. The molecule has 15 heavy (non-hydrogen) atoms. The molecule has 80 valence electrons. The Morgan fingerprint density at radius 1 is 1.07 bits per heavy atom. The predicted molar refractivity (Wildman–Crippen MR) is 71.3 cm³/mol. The zero-order valence-corrected chi connectivity index (χ0v) is 11.0. The van der Waals surface area contributed by atoms with Crippen molar-refractivity contribution in [1.29, 1.82) is 0 Å². The van der Waals surface area contributed by atoms with E-state index >= 15 is 0 Å². The SMILES string of the molecule is S=C(c1ccc(Br)cc1)N1CCCCC1. The Balaban J connectivity index is 2.09. The summed E-state index contributed by atoms with van der Waals surface area (Å²) in [5.74, 6) is 0. The monoisotopic (exact) mass is 283 g/mol. The van der Waals surface area contributed by atoms with Crippen LogP contribution in [0.4, 0.5) is 0 Å². The number of nitrogens with zero attached hydrogens (tertiary/aromatic N) is 1.